The van der Waals surface area contributed by atoms with Gasteiger partial charge in [0.2, 0.25) is 5.91 Å². The molecule has 0 heterocycles. The van der Waals surface area contributed by atoms with E-state index in [9.17, 15) is 9.18 Å². The van der Waals surface area contributed by atoms with Crippen molar-refractivity contribution in [1.29, 1.82) is 0 Å². The first-order chi connectivity index (χ1) is 11.6. The third-order valence-electron chi connectivity index (χ3n) is 3.60. The van der Waals surface area contributed by atoms with Crippen molar-refractivity contribution in [3.8, 4) is 0 Å². The smallest absolute Gasteiger partial charge is 0.242 e. The molecule has 3 N–H and O–H groups in total. The lowest BCUT2D eigenvalue weighted by Gasteiger charge is -2.11. The molecule has 25 heavy (non-hydrogen) atoms. The summed E-state index contributed by atoms with van der Waals surface area (Å²) >= 11 is 3.25. The topological polar surface area (TPSA) is 65.5 Å². The Labute approximate surface area is 173 Å². The third-order valence-corrected chi connectivity index (χ3v) is 4.09. The molecule has 0 radical (unpaired) electrons. The first-order valence-electron chi connectivity index (χ1n) is 8.34. The molecule has 8 heteroatoms. The molecule has 0 atom stereocenters. The Kier molecular flexibility index (Phi) is 10.3. The molecule has 0 aliphatic heterocycles. The van der Waals surface area contributed by atoms with Crippen molar-refractivity contribution in [3.63, 3.8) is 0 Å². The van der Waals surface area contributed by atoms with Crippen molar-refractivity contribution in [2.45, 2.75) is 38.6 Å². The number of hydrogen-bond acceptors (Lipinski definition) is 2. The Hall–Kier alpha value is -0.900. The maximum absolute atomic E-state index is 13.7. The molecule has 0 saturated heterocycles. The van der Waals surface area contributed by atoms with Crippen LogP contribution < -0.4 is 16.0 Å². The molecule has 2 rings (SSSR count). The molecule has 1 aliphatic rings. The molecule has 0 aromatic heterocycles. The predicted octanol–water partition coefficient (Wildman–Crippen LogP) is 2.97. The fourth-order valence-electron chi connectivity index (χ4n) is 2.20. The molecule has 1 amide bonds. The van der Waals surface area contributed by atoms with E-state index in [0.717, 1.165) is 30.3 Å². The second kappa shape index (κ2) is 11.7. The van der Waals surface area contributed by atoms with E-state index in [4.69, 9.17) is 0 Å². The van der Waals surface area contributed by atoms with Gasteiger partial charge in [0.1, 0.15) is 12.4 Å². The van der Waals surface area contributed by atoms with Gasteiger partial charge in [0.05, 0.1) is 0 Å². The SMILES string of the molecule is CCNC(=NCC(=O)NC1CC1)NCCCc1ccc(Br)cc1F.I. The first-order valence-corrected chi connectivity index (χ1v) is 9.13. The van der Waals surface area contributed by atoms with Gasteiger partial charge in [-0.2, -0.15) is 0 Å². The number of aryl methyl sites for hydroxylation is 1. The summed E-state index contributed by atoms with van der Waals surface area (Å²) < 4.78 is 14.5. The summed E-state index contributed by atoms with van der Waals surface area (Å²) in [4.78, 5) is 15.9. The number of aliphatic imine (C=N–C) groups is 1. The Balaban J connectivity index is 0.00000312. The highest BCUT2D eigenvalue weighted by Crippen LogP contribution is 2.18. The number of nitrogens with zero attached hydrogens (tertiary/aromatic N) is 1. The highest BCUT2D eigenvalue weighted by Gasteiger charge is 2.22. The molecule has 0 bridgehead atoms. The van der Waals surface area contributed by atoms with Crippen LogP contribution in [-0.4, -0.2) is 37.5 Å². The number of carbonyl (C=O) groups excluding carboxylic acids is 1. The number of halogens is 3. The van der Waals surface area contributed by atoms with Crippen molar-refractivity contribution < 1.29 is 9.18 Å². The maximum atomic E-state index is 13.7. The van der Waals surface area contributed by atoms with E-state index in [1.165, 1.54) is 6.07 Å². The average Bonchev–Trinajstić information content (AvgIpc) is 3.34. The highest BCUT2D eigenvalue weighted by molar-refractivity contribution is 14.0. The van der Waals surface area contributed by atoms with Crippen LogP contribution in [0.2, 0.25) is 0 Å². The average molecular weight is 527 g/mol. The number of guanidine groups is 1. The van der Waals surface area contributed by atoms with Gasteiger partial charge in [-0.3, -0.25) is 4.79 Å². The summed E-state index contributed by atoms with van der Waals surface area (Å²) in [5.74, 6) is 0.369. The molecule has 1 aromatic rings. The second-order valence-electron chi connectivity index (χ2n) is 5.80. The van der Waals surface area contributed by atoms with Crippen molar-refractivity contribution in [3.05, 3.63) is 34.1 Å². The van der Waals surface area contributed by atoms with E-state index < -0.39 is 0 Å². The van der Waals surface area contributed by atoms with E-state index in [-0.39, 0.29) is 42.2 Å². The van der Waals surface area contributed by atoms with Gasteiger partial charge in [-0.05, 0) is 50.3 Å². The van der Waals surface area contributed by atoms with Crippen LogP contribution in [0.15, 0.2) is 27.7 Å². The maximum Gasteiger partial charge on any atom is 0.242 e. The molecule has 1 fully saturated rings. The zero-order chi connectivity index (χ0) is 17.4. The number of benzene rings is 1. The lowest BCUT2D eigenvalue weighted by Crippen LogP contribution is -2.39. The van der Waals surface area contributed by atoms with Gasteiger partial charge in [0.15, 0.2) is 5.96 Å². The molecule has 1 aliphatic carbocycles. The van der Waals surface area contributed by atoms with Crippen molar-refractivity contribution >= 4 is 51.8 Å². The van der Waals surface area contributed by atoms with Crippen molar-refractivity contribution in [1.82, 2.24) is 16.0 Å². The minimum atomic E-state index is -0.193. The number of nitrogens with one attached hydrogen (secondary N) is 3. The molecule has 5 nitrogen and oxygen atoms in total. The third kappa shape index (κ3) is 8.84. The van der Waals surface area contributed by atoms with Crippen LogP contribution in [0.3, 0.4) is 0 Å². The van der Waals surface area contributed by atoms with Gasteiger partial charge < -0.3 is 16.0 Å². The zero-order valence-electron chi connectivity index (χ0n) is 14.3. The predicted molar refractivity (Wildman–Crippen MR) is 113 cm³/mol. The fraction of sp³-hybridized carbons (Fsp3) is 0.529. The number of hydrogen-bond donors (Lipinski definition) is 3. The lowest BCUT2D eigenvalue weighted by molar-refractivity contribution is -0.119. The van der Waals surface area contributed by atoms with Gasteiger partial charge in [0.25, 0.3) is 0 Å². The lowest BCUT2D eigenvalue weighted by atomic mass is 10.1. The molecular weight excluding hydrogens is 502 g/mol. The summed E-state index contributed by atoms with van der Waals surface area (Å²) in [5.41, 5.74) is 0.700. The Bertz CT molecular complexity index is 596. The van der Waals surface area contributed by atoms with Gasteiger partial charge in [-0.1, -0.05) is 22.0 Å². The summed E-state index contributed by atoms with van der Waals surface area (Å²) in [7, 11) is 0. The monoisotopic (exact) mass is 526 g/mol. The van der Waals surface area contributed by atoms with Crippen LogP contribution in [0, 0.1) is 5.82 Å². The number of carbonyl (C=O) groups is 1. The van der Waals surface area contributed by atoms with Crippen LogP contribution in [0.1, 0.15) is 31.7 Å². The van der Waals surface area contributed by atoms with Gasteiger partial charge in [-0.25, -0.2) is 9.38 Å². The summed E-state index contributed by atoms with van der Waals surface area (Å²) in [5, 5.41) is 9.18. The molecular formula is C17H25BrFIN4O. The fourth-order valence-corrected chi connectivity index (χ4v) is 2.54. The summed E-state index contributed by atoms with van der Waals surface area (Å²) in [6, 6.07) is 5.47. The summed E-state index contributed by atoms with van der Waals surface area (Å²) in [6.07, 6.45) is 3.56. The minimum Gasteiger partial charge on any atom is -0.357 e. The molecule has 0 unspecified atom stereocenters. The van der Waals surface area contributed by atoms with Crippen molar-refractivity contribution in [2.24, 2.45) is 4.99 Å². The van der Waals surface area contributed by atoms with Crippen molar-refractivity contribution in [2.75, 3.05) is 19.6 Å². The molecule has 0 spiro atoms. The van der Waals surface area contributed by atoms with Crippen LogP contribution in [0.4, 0.5) is 4.39 Å². The van der Waals surface area contributed by atoms with E-state index in [0.29, 0.717) is 30.5 Å². The molecule has 1 aromatic carbocycles. The van der Waals surface area contributed by atoms with Crippen LogP contribution in [0.5, 0.6) is 0 Å². The normalized spacial score (nSPS) is 13.8. The quantitative estimate of drug-likeness (QED) is 0.211. The van der Waals surface area contributed by atoms with Gasteiger partial charge in [-0.15, -0.1) is 24.0 Å². The number of rotatable bonds is 8. The van der Waals surface area contributed by atoms with Crippen LogP contribution in [0.25, 0.3) is 0 Å². The molecule has 140 valence electrons. The van der Waals surface area contributed by atoms with Gasteiger partial charge >= 0.3 is 0 Å². The number of amides is 1. The van der Waals surface area contributed by atoms with E-state index in [1.807, 2.05) is 13.0 Å². The highest BCUT2D eigenvalue weighted by atomic mass is 127. The molecule has 1 saturated carbocycles. The van der Waals surface area contributed by atoms with Gasteiger partial charge in [0, 0.05) is 23.6 Å². The van der Waals surface area contributed by atoms with Crippen LogP contribution >= 0.6 is 39.9 Å². The van der Waals surface area contributed by atoms with E-state index >= 15 is 0 Å². The Morgan fingerprint density at radius 1 is 1.36 bits per heavy atom. The second-order valence-corrected chi connectivity index (χ2v) is 6.72. The first kappa shape index (κ1) is 22.1. The van der Waals surface area contributed by atoms with Crippen LogP contribution in [-0.2, 0) is 11.2 Å². The zero-order valence-corrected chi connectivity index (χ0v) is 18.2. The Morgan fingerprint density at radius 3 is 2.76 bits per heavy atom. The largest absolute Gasteiger partial charge is 0.357 e. The van der Waals surface area contributed by atoms with E-state index in [2.05, 4.69) is 36.9 Å². The summed E-state index contributed by atoms with van der Waals surface area (Å²) in [6.45, 7) is 3.47. The van der Waals surface area contributed by atoms with E-state index in [1.54, 1.807) is 6.07 Å². The minimum absolute atomic E-state index is 0. The standard InChI is InChI=1S/C17H24BrFN4O.HI/c1-2-20-17(22-11-16(24)23-14-7-8-14)21-9-3-4-12-5-6-13(18)10-15(12)19;/h5-6,10,14H,2-4,7-9,11H2,1H3,(H,23,24)(H2,20,21,22);1H. The Morgan fingerprint density at radius 2 is 2.12 bits per heavy atom.